The van der Waals surface area contributed by atoms with Gasteiger partial charge in [-0.25, -0.2) is 0 Å². The summed E-state index contributed by atoms with van der Waals surface area (Å²) in [7, 11) is 0. The van der Waals surface area contributed by atoms with E-state index in [9.17, 15) is 9.59 Å². The minimum absolute atomic E-state index is 0.172. The summed E-state index contributed by atoms with van der Waals surface area (Å²) in [6.45, 7) is 4.27. The maximum Gasteiger partial charge on any atom is 0.223 e. The second kappa shape index (κ2) is 11.1. The van der Waals surface area contributed by atoms with Crippen LogP contribution in [0.2, 0.25) is 0 Å². The fraction of sp³-hybridized carbons (Fsp3) is 0.462. The summed E-state index contributed by atoms with van der Waals surface area (Å²) in [5.41, 5.74) is 3.39. The van der Waals surface area contributed by atoms with E-state index in [1.807, 2.05) is 40.1 Å². The SMILES string of the molecule is O=C(CCc1ccc2c(c1)CN(C(=O)CCCc1ccccc1)CCO2)N1CCOCC1. The lowest BCUT2D eigenvalue weighted by Gasteiger charge is -2.26. The molecule has 0 aromatic heterocycles. The Morgan fingerprint density at radius 3 is 2.34 bits per heavy atom. The third-order valence-electron chi connectivity index (χ3n) is 6.15. The number of carbonyl (C=O) groups excluding carboxylic acids is 2. The van der Waals surface area contributed by atoms with Crippen LogP contribution in [0.5, 0.6) is 5.75 Å². The predicted octanol–water partition coefficient (Wildman–Crippen LogP) is 3.22. The Kier molecular flexibility index (Phi) is 7.77. The molecule has 0 spiro atoms. The van der Waals surface area contributed by atoms with Crippen molar-refractivity contribution in [2.75, 3.05) is 39.5 Å². The summed E-state index contributed by atoms with van der Waals surface area (Å²) in [5.74, 6) is 1.19. The van der Waals surface area contributed by atoms with Crippen molar-refractivity contribution in [2.45, 2.75) is 38.6 Å². The monoisotopic (exact) mass is 436 g/mol. The van der Waals surface area contributed by atoms with Crippen molar-refractivity contribution in [1.29, 1.82) is 0 Å². The standard InChI is InChI=1S/C26H32N2O4/c29-25(8-4-7-21-5-2-1-3-6-21)28-15-18-32-24-11-9-22(19-23(24)20-28)10-12-26(30)27-13-16-31-17-14-27/h1-3,5-6,9,11,19H,4,7-8,10,12-18,20H2. The molecule has 2 aliphatic rings. The van der Waals surface area contributed by atoms with Crippen LogP contribution in [0, 0.1) is 0 Å². The Balaban J connectivity index is 1.31. The highest BCUT2D eigenvalue weighted by Crippen LogP contribution is 2.25. The number of hydrogen-bond acceptors (Lipinski definition) is 4. The molecule has 2 aliphatic heterocycles. The molecule has 2 aromatic rings. The molecule has 2 amide bonds. The molecule has 6 nitrogen and oxygen atoms in total. The number of fused-ring (bicyclic) bond motifs is 1. The van der Waals surface area contributed by atoms with E-state index >= 15 is 0 Å². The Labute approximate surface area is 190 Å². The second-order valence-electron chi connectivity index (χ2n) is 8.44. The molecule has 0 atom stereocenters. The van der Waals surface area contributed by atoms with E-state index in [4.69, 9.17) is 9.47 Å². The van der Waals surface area contributed by atoms with Crippen LogP contribution < -0.4 is 4.74 Å². The summed E-state index contributed by atoms with van der Waals surface area (Å²) in [4.78, 5) is 29.1. The number of morpholine rings is 1. The molecule has 6 heteroatoms. The first-order chi connectivity index (χ1) is 15.7. The molecule has 0 N–H and O–H groups in total. The van der Waals surface area contributed by atoms with Crippen molar-refractivity contribution < 1.29 is 19.1 Å². The van der Waals surface area contributed by atoms with Gasteiger partial charge in [0.2, 0.25) is 11.8 Å². The number of hydrogen-bond donors (Lipinski definition) is 0. The van der Waals surface area contributed by atoms with Gasteiger partial charge >= 0.3 is 0 Å². The highest BCUT2D eigenvalue weighted by Gasteiger charge is 2.21. The lowest BCUT2D eigenvalue weighted by Crippen LogP contribution is -2.40. The summed E-state index contributed by atoms with van der Waals surface area (Å²) in [6, 6.07) is 16.4. The highest BCUT2D eigenvalue weighted by atomic mass is 16.5. The molecule has 170 valence electrons. The molecule has 0 radical (unpaired) electrons. The Bertz CT molecular complexity index is 909. The Morgan fingerprint density at radius 2 is 1.53 bits per heavy atom. The van der Waals surface area contributed by atoms with E-state index in [1.165, 1.54) is 5.56 Å². The van der Waals surface area contributed by atoms with E-state index < -0.39 is 0 Å². The van der Waals surface area contributed by atoms with Gasteiger partial charge in [-0.15, -0.1) is 0 Å². The normalized spacial score (nSPS) is 16.1. The first-order valence-corrected chi connectivity index (χ1v) is 11.6. The predicted molar refractivity (Wildman–Crippen MR) is 122 cm³/mol. The van der Waals surface area contributed by atoms with Gasteiger partial charge in [-0.2, -0.15) is 0 Å². The number of amides is 2. The van der Waals surface area contributed by atoms with Crippen LogP contribution in [0.15, 0.2) is 48.5 Å². The van der Waals surface area contributed by atoms with Gasteiger partial charge in [0.25, 0.3) is 0 Å². The molecule has 0 aliphatic carbocycles. The van der Waals surface area contributed by atoms with Gasteiger partial charge in [0.05, 0.1) is 19.8 Å². The molecule has 32 heavy (non-hydrogen) atoms. The number of nitrogens with zero attached hydrogens (tertiary/aromatic N) is 2. The average molecular weight is 437 g/mol. The molecule has 0 bridgehead atoms. The molecular formula is C26H32N2O4. The molecule has 1 saturated heterocycles. The molecule has 4 rings (SSSR count). The topological polar surface area (TPSA) is 59.1 Å². The largest absolute Gasteiger partial charge is 0.491 e. The average Bonchev–Trinajstić information content (AvgIpc) is 3.06. The van der Waals surface area contributed by atoms with Crippen LogP contribution in [0.25, 0.3) is 0 Å². The summed E-state index contributed by atoms with van der Waals surface area (Å²) < 4.78 is 11.2. The van der Waals surface area contributed by atoms with Gasteiger partial charge in [0.1, 0.15) is 12.4 Å². The molecule has 0 saturated carbocycles. The van der Waals surface area contributed by atoms with Gasteiger partial charge in [-0.3, -0.25) is 9.59 Å². The molecular weight excluding hydrogens is 404 g/mol. The van der Waals surface area contributed by atoms with E-state index in [2.05, 4.69) is 18.2 Å². The number of benzene rings is 2. The summed E-state index contributed by atoms with van der Waals surface area (Å²) >= 11 is 0. The van der Waals surface area contributed by atoms with Crippen molar-refractivity contribution in [1.82, 2.24) is 9.80 Å². The lowest BCUT2D eigenvalue weighted by atomic mass is 10.0. The molecule has 2 aromatic carbocycles. The smallest absolute Gasteiger partial charge is 0.223 e. The van der Waals surface area contributed by atoms with Gasteiger partial charge in [0.15, 0.2) is 0 Å². The number of ether oxygens (including phenoxy) is 2. The van der Waals surface area contributed by atoms with Crippen molar-refractivity contribution >= 4 is 11.8 Å². The van der Waals surface area contributed by atoms with Gasteiger partial charge < -0.3 is 19.3 Å². The molecule has 0 unspecified atom stereocenters. The minimum atomic E-state index is 0.172. The van der Waals surface area contributed by atoms with Crippen molar-refractivity contribution in [2.24, 2.45) is 0 Å². The van der Waals surface area contributed by atoms with Crippen molar-refractivity contribution in [3.8, 4) is 5.75 Å². The van der Waals surface area contributed by atoms with Crippen LogP contribution in [0.1, 0.15) is 36.0 Å². The van der Waals surface area contributed by atoms with E-state index in [-0.39, 0.29) is 11.8 Å². The number of rotatable bonds is 7. The van der Waals surface area contributed by atoms with E-state index in [1.54, 1.807) is 0 Å². The van der Waals surface area contributed by atoms with Gasteiger partial charge in [-0.05, 0) is 36.5 Å². The Hall–Kier alpha value is -2.86. The van der Waals surface area contributed by atoms with Crippen LogP contribution in [-0.4, -0.2) is 61.1 Å². The Morgan fingerprint density at radius 1 is 0.781 bits per heavy atom. The first-order valence-electron chi connectivity index (χ1n) is 11.6. The van der Waals surface area contributed by atoms with Crippen molar-refractivity contribution in [3.63, 3.8) is 0 Å². The number of aryl methyl sites for hydroxylation is 2. The van der Waals surface area contributed by atoms with E-state index in [0.717, 1.165) is 29.7 Å². The van der Waals surface area contributed by atoms with Crippen LogP contribution in [0.4, 0.5) is 0 Å². The van der Waals surface area contributed by atoms with E-state index in [0.29, 0.717) is 65.3 Å². The molecule has 2 heterocycles. The summed E-state index contributed by atoms with van der Waals surface area (Å²) in [5, 5.41) is 0. The molecule has 1 fully saturated rings. The van der Waals surface area contributed by atoms with Crippen LogP contribution in [-0.2, 0) is 33.7 Å². The minimum Gasteiger partial charge on any atom is -0.491 e. The fourth-order valence-corrected chi connectivity index (χ4v) is 4.28. The van der Waals surface area contributed by atoms with Gasteiger partial charge in [-0.1, -0.05) is 42.5 Å². The quantitative estimate of drug-likeness (QED) is 0.669. The van der Waals surface area contributed by atoms with Crippen LogP contribution in [0.3, 0.4) is 0 Å². The first kappa shape index (κ1) is 22.3. The number of carbonyl (C=O) groups is 2. The van der Waals surface area contributed by atoms with Gasteiger partial charge in [0, 0.05) is 38.0 Å². The maximum absolute atomic E-state index is 12.8. The van der Waals surface area contributed by atoms with Crippen molar-refractivity contribution in [3.05, 3.63) is 65.2 Å². The third kappa shape index (κ3) is 6.10. The zero-order valence-corrected chi connectivity index (χ0v) is 18.6. The third-order valence-corrected chi connectivity index (χ3v) is 6.15. The lowest BCUT2D eigenvalue weighted by molar-refractivity contribution is -0.135. The maximum atomic E-state index is 12.8. The zero-order valence-electron chi connectivity index (χ0n) is 18.6. The second-order valence-corrected chi connectivity index (χ2v) is 8.44. The highest BCUT2D eigenvalue weighted by molar-refractivity contribution is 5.77. The zero-order chi connectivity index (χ0) is 22.2. The summed E-state index contributed by atoms with van der Waals surface area (Å²) in [6.07, 6.45) is 3.47. The van der Waals surface area contributed by atoms with Crippen LogP contribution >= 0.6 is 0 Å². The fourth-order valence-electron chi connectivity index (χ4n) is 4.28.